The highest BCUT2D eigenvalue weighted by Gasteiger charge is 2.51. The first-order chi connectivity index (χ1) is 13.9. The first kappa shape index (κ1) is 20.2. The molecule has 0 aliphatic heterocycles. The SMILES string of the molecule is COc1ccc(C)cc1CN(C)C(=O)CNC(=O)CC12CC3CC(CC(C3)C1)C2. The van der Waals surface area contributed by atoms with Crippen LogP contribution in [0, 0.1) is 30.1 Å². The standard InChI is InChI=1S/C24H34N2O3/c1-16-4-5-21(29-3)20(6-16)15-26(2)23(28)14-25-22(27)13-24-10-17-7-18(11-24)9-19(8-17)12-24/h4-6,17-19H,7-15H2,1-3H3,(H,25,27). The van der Waals surface area contributed by atoms with Crippen LogP contribution in [0.25, 0.3) is 0 Å². The van der Waals surface area contributed by atoms with Crippen molar-refractivity contribution in [2.45, 2.75) is 58.4 Å². The number of hydrogen-bond donors (Lipinski definition) is 1. The van der Waals surface area contributed by atoms with Crippen LogP contribution in [-0.2, 0) is 16.1 Å². The lowest BCUT2D eigenvalue weighted by Gasteiger charge is -2.56. The van der Waals surface area contributed by atoms with E-state index >= 15 is 0 Å². The third-order valence-electron chi connectivity index (χ3n) is 7.41. The number of likely N-dealkylation sites (N-methyl/N-ethyl adjacent to an activating group) is 1. The third-order valence-corrected chi connectivity index (χ3v) is 7.41. The number of aryl methyl sites for hydroxylation is 1. The number of carbonyl (C=O) groups excluding carboxylic acids is 2. The summed E-state index contributed by atoms with van der Waals surface area (Å²) in [4.78, 5) is 26.9. The molecular weight excluding hydrogens is 364 g/mol. The molecule has 2 amide bonds. The Morgan fingerprint density at radius 3 is 2.34 bits per heavy atom. The molecular formula is C24H34N2O3. The average molecular weight is 399 g/mol. The summed E-state index contributed by atoms with van der Waals surface area (Å²) in [7, 11) is 3.41. The van der Waals surface area contributed by atoms with E-state index in [1.165, 1.54) is 38.5 Å². The number of ether oxygens (including phenoxy) is 1. The molecule has 0 radical (unpaired) electrons. The number of amides is 2. The molecule has 4 bridgehead atoms. The molecule has 0 heterocycles. The fraction of sp³-hybridized carbons (Fsp3) is 0.667. The van der Waals surface area contributed by atoms with Crippen molar-refractivity contribution in [3.8, 4) is 5.75 Å². The van der Waals surface area contributed by atoms with Crippen molar-refractivity contribution in [3.05, 3.63) is 29.3 Å². The summed E-state index contributed by atoms with van der Waals surface area (Å²) in [6.07, 6.45) is 8.39. The van der Waals surface area contributed by atoms with Crippen LogP contribution in [0.4, 0.5) is 0 Å². The first-order valence-corrected chi connectivity index (χ1v) is 11.0. The van der Waals surface area contributed by atoms with E-state index in [1.54, 1.807) is 19.1 Å². The first-order valence-electron chi connectivity index (χ1n) is 11.0. The molecule has 1 aromatic rings. The molecule has 1 aromatic carbocycles. The Labute approximate surface area is 174 Å². The Kier molecular flexibility index (Phi) is 5.58. The summed E-state index contributed by atoms with van der Waals surface area (Å²) in [5, 5.41) is 2.90. The quantitative estimate of drug-likeness (QED) is 0.762. The van der Waals surface area contributed by atoms with E-state index in [1.807, 2.05) is 25.1 Å². The molecule has 0 spiro atoms. The van der Waals surface area contributed by atoms with Crippen molar-refractivity contribution in [3.63, 3.8) is 0 Å². The highest BCUT2D eigenvalue weighted by atomic mass is 16.5. The van der Waals surface area contributed by atoms with Gasteiger partial charge >= 0.3 is 0 Å². The molecule has 29 heavy (non-hydrogen) atoms. The predicted octanol–water partition coefficient (Wildman–Crippen LogP) is 3.68. The Bertz CT molecular complexity index is 753. The van der Waals surface area contributed by atoms with Gasteiger partial charge in [-0.15, -0.1) is 0 Å². The monoisotopic (exact) mass is 398 g/mol. The van der Waals surface area contributed by atoms with Crippen molar-refractivity contribution in [1.82, 2.24) is 10.2 Å². The van der Waals surface area contributed by atoms with Gasteiger partial charge in [0.25, 0.3) is 0 Å². The Morgan fingerprint density at radius 2 is 1.76 bits per heavy atom. The fourth-order valence-corrected chi connectivity index (χ4v) is 6.59. The maximum absolute atomic E-state index is 12.7. The molecule has 0 unspecified atom stereocenters. The fourth-order valence-electron chi connectivity index (χ4n) is 6.59. The van der Waals surface area contributed by atoms with Crippen LogP contribution < -0.4 is 10.1 Å². The van der Waals surface area contributed by atoms with Gasteiger partial charge in [-0.05, 0) is 74.7 Å². The Morgan fingerprint density at radius 1 is 1.14 bits per heavy atom. The topological polar surface area (TPSA) is 58.6 Å². The normalized spacial score (nSPS) is 29.6. The minimum Gasteiger partial charge on any atom is -0.496 e. The second-order valence-corrected chi connectivity index (χ2v) is 9.94. The predicted molar refractivity (Wildman–Crippen MR) is 112 cm³/mol. The van der Waals surface area contributed by atoms with Gasteiger partial charge in [0, 0.05) is 25.6 Å². The summed E-state index contributed by atoms with van der Waals surface area (Å²) >= 11 is 0. The molecule has 5 nitrogen and oxygen atoms in total. The van der Waals surface area contributed by atoms with Crippen LogP contribution in [0.5, 0.6) is 5.75 Å². The number of methoxy groups -OCH3 is 1. The van der Waals surface area contributed by atoms with E-state index in [-0.39, 0.29) is 23.8 Å². The van der Waals surface area contributed by atoms with Gasteiger partial charge in [0.05, 0.1) is 13.7 Å². The summed E-state index contributed by atoms with van der Waals surface area (Å²) in [6.45, 7) is 2.56. The van der Waals surface area contributed by atoms with E-state index in [4.69, 9.17) is 4.74 Å². The number of benzene rings is 1. The molecule has 158 valence electrons. The molecule has 0 aromatic heterocycles. The molecule has 4 saturated carbocycles. The molecule has 1 N–H and O–H groups in total. The average Bonchev–Trinajstić information content (AvgIpc) is 2.64. The van der Waals surface area contributed by atoms with Crippen LogP contribution in [0.3, 0.4) is 0 Å². The van der Waals surface area contributed by atoms with Gasteiger partial charge in [-0.1, -0.05) is 17.7 Å². The molecule has 4 aliphatic rings. The number of hydrogen-bond acceptors (Lipinski definition) is 3. The zero-order chi connectivity index (χ0) is 20.6. The van der Waals surface area contributed by atoms with Gasteiger partial charge in [-0.3, -0.25) is 9.59 Å². The lowest BCUT2D eigenvalue weighted by Crippen LogP contribution is -2.48. The van der Waals surface area contributed by atoms with Crippen LogP contribution in [0.2, 0.25) is 0 Å². The Hall–Kier alpha value is -2.04. The summed E-state index contributed by atoms with van der Waals surface area (Å²) in [5.41, 5.74) is 2.32. The third kappa shape index (κ3) is 4.44. The second-order valence-electron chi connectivity index (χ2n) is 9.94. The van der Waals surface area contributed by atoms with E-state index in [0.717, 1.165) is 34.6 Å². The second kappa shape index (κ2) is 8.00. The highest BCUT2D eigenvalue weighted by molar-refractivity contribution is 5.85. The maximum atomic E-state index is 12.7. The largest absolute Gasteiger partial charge is 0.496 e. The minimum atomic E-state index is -0.0765. The van der Waals surface area contributed by atoms with Gasteiger partial charge in [0.15, 0.2) is 0 Å². The van der Waals surface area contributed by atoms with Crippen molar-refractivity contribution < 1.29 is 14.3 Å². The molecule has 5 rings (SSSR count). The van der Waals surface area contributed by atoms with E-state index in [2.05, 4.69) is 5.32 Å². The van der Waals surface area contributed by atoms with Crippen LogP contribution in [-0.4, -0.2) is 37.4 Å². The maximum Gasteiger partial charge on any atom is 0.242 e. The van der Waals surface area contributed by atoms with Crippen molar-refractivity contribution in [1.29, 1.82) is 0 Å². The van der Waals surface area contributed by atoms with Crippen molar-refractivity contribution >= 4 is 11.8 Å². The smallest absolute Gasteiger partial charge is 0.242 e. The lowest BCUT2D eigenvalue weighted by molar-refractivity contribution is -0.135. The molecule has 4 aliphatic carbocycles. The van der Waals surface area contributed by atoms with E-state index in [0.29, 0.717) is 13.0 Å². The summed E-state index contributed by atoms with van der Waals surface area (Å²) < 4.78 is 5.41. The van der Waals surface area contributed by atoms with Gasteiger partial charge < -0.3 is 15.0 Å². The minimum absolute atomic E-state index is 0.0434. The van der Waals surface area contributed by atoms with Crippen LogP contribution in [0.15, 0.2) is 18.2 Å². The number of carbonyl (C=O) groups is 2. The van der Waals surface area contributed by atoms with Gasteiger partial charge in [0.1, 0.15) is 5.75 Å². The summed E-state index contributed by atoms with van der Waals surface area (Å²) in [6, 6.07) is 5.96. The number of nitrogens with one attached hydrogen (secondary N) is 1. The van der Waals surface area contributed by atoms with Crippen molar-refractivity contribution in [2.75, 3.05) is 20.7 Å². The van der Waals surface area contributed by atoms with Gasteiger partial charge in [0.2, 0.25) is 11.8 Å². The molecule has 0 saturated heterocycles. The van der Waals surface area contributed by atoms with Gasteiger partial charge in [-0.25, -0.2) is 0 Å². The molecule has 4 fully saturated rings. The molecule has 5 heteroatoms. The summed E-state index contributed by atoms with van der Waals surface area (Å²) in [5.74, 6) is 3.26. The number of rotatable bonds is 7. The van der Waals surface area contributed by atoms with E-state index < -0.39 is 0 Å². The van der Waals surface area contributed by atoms with Crippen LogP contribution >= 0.6 is 0 Å². The van der Waals surface area contributed by atoms with E-state index in [9.17, 15) is 9.59 Å². The van der Waals surface area contributed by atoms with Crippen molar-refractivity contribution in [2.24, 2.45) is 23.2 Å². The van der Waals surface area contributed by atoms with Gasteiger partial charge in [-0.2, -0.15) is 0 Å². The highest BCUT2D eigenvalue weighted by Crippen LogP contribution is 2.61. The zero-order valence-electron chi connectivity index (χ0n) is 18.0. The lowest BCUT2D eigenvalue weighted by atomic mass is 9.49. The molecule has 0 atom stereocenters. The van der Waals surface area contributed by atoms with Crippen LogP contribution in [0.1, 0.15) is 56.1 Å². The Balaban J connectivity index is 1.28. The zero-order valence-corrected chi connectivity index (χ0v) is 18.0. The number of nitrogens with zero attached hydrogens (tertiary/aromatic N) is 1.